The molecule has 2 heterocycles. The first-order valence-electron chi connectivity index (χ1n) is 6.91. The lowest BCUT2D eigenvalue weighted by Gasteiger charge is -2.42. The van der Waals surface area contributed by atoms with Crippen molar-refractivity contribution in [1.82, 2.24) is 10.3 Å². The van der Waals surface area contributed by atoms with Gasteiger partial charge in [0.05, 0.1) is 12.3 Å². The first-order valence-corrected chi connectivity index (χ1v) is 6.91. The quantitative estimate of drug-likeness (QED) is 0.637. The molecule has 1 fully saturated rings. The largest absolute Gasteiger partial charge is 0.468 e. The van der Waals surface area contributed by atoms with Gasteiger partial charge < -0.3 is 4.42 Å². The number of nitrogens with zero attached hydrogens (tertiary/aromatic N) is 1. The number of furan rings is 1. The minimum atomic E-state index is -0.0447. The standard InChI is InChI=1S/C14H25N3O/c1-14(2,17-9-5-3-4-6-10-17)13(16-15)12-8-7-11-18-12/h7-8,11,13,16H,3-6,9-10,15H2,1-2H3. The summed E-state index contributed by atoms with van der Waals surface area (Å²) in [5.41, 5.74) is 2.88. The zero-order valence-electron chi connectivity index (χ0n) is 11.5. The zero-order valence-corrected chi connectivity index (χ0v) is 11.5. The Morgan fingerprint density at radius 2 is 1.94 bits per heavy atom. The van der Waals surface area contributed by atoms with Gasteiger partial charge >= 0.3 is 0 Å². The number of hydrogen-bond donors (Lipinski definition) is 2. The Balaban J connectivity index is 2.16. The highest BCUT2D eigenvalue weighted by molar-refractivity contribution is 5.11. The fraction of sp³-hybridized carbons (Fsp3) is 0.714. The van der Waals surface area contributed by atoms with Crippen LogP contribution in [0.2, 0.25) is 0 Å². The summed E-state index contributed by atoms with van der Waals surface area (Å²) >= 11 is 0. The maximum atomic E-state index is 5.76. The van der Waals surface area contributed by atoms with E-state index in [0.29, 0.717) is 0 Å². The van der Waals surface area contributed by atoms with E-state index in [0.717, 1.165) is 18.8 Å². The number of hydrogen-bond acceptors (Lipinski definition) is 4. The topological polar surface area (TPSA) is 54.4 Å². The Kier molecular flexibility index (Phi) is 4.43. The van der Waals surface area contributed by atoms with E-state index < -0.39 is 0 Å². The Labute approximate surface area is 109 Å². The van der Waals surface area contributed by atoms with Crippen molar-refractivity contribution in [1.29, 1.82) is 0 Å². The van der Waals surface area contributed by atoms with Gasteiger partial charge in [0.25, 0.3) is 0 Å². The molecule has 1 unspecified atom stereocenters. The summed E-state index contributed by atoms with van der Waals surface area (Å²) in [5, 5.41) is 0. The van der Waals surface area contributed by atoms with Crippen LogP contribution in [0.3, 0.4) is 0 Å². The van der Waals surface area contributed by atoms with Crippen LogP contribution >= 0.6 is 0 Å². The van der Waals surface area contributed by atoms with Crippen LogP contribution in [0.15, 0.2) is 22.8 Å². The van der Waals surface area contributed by atoms with Gasteiger partial charge in [0.1, 0.15) is 5.76 Å². The van der Waals surface area contributed by atoms with Crippen LogP contribution < -0.4 is 11.3 Å². The smallest absolute Gasteiger partial charge is 0.123 e. The highest BCUT2D eigenvalue weighted by Gasteiger charge is 2.37. The Bertz CT molecular complexity index is 340. The Hall–Kier alpha value is -0.840. The first kappa shape index (κ1) is 13.6. The summed E-state index contributed by atoms with van der Waals surface area (Å²) in [7, 11) is 0. The van der Waals surface area contributed by atoms with Gasteiger partial charge in [0.15, 0.2) is 0 Å². The van der Waals surface area contributed by atoms with Crippen LogP contribution in [0.1, 0.15) is 51.3 Å². The summed E-state index contributed by atoms with van der Waals surface area (Å²) in [6.45, 7) is 6.77. The van der Waals surface area contributed by atoms with Crippen molar-refractivity contribution in [2.24, 2.45) is 5.84 Å². The number of nitrogens with one attached hydrogen (secondary N) is 1. The molecule has 1 aliphatic rings. The van der Waals surface area contributed by atoms with E-state index in [-0.39, 0.29) is 11.6 Å². The number of hydrazine groups is 1. The van der Waals surface area contributed by atoms with Gasteiger partial charge in [0.2, 0.25) is 0 Å². The molecule has 1 atom stereocenters. The predicted molar refractivity (Wildman–Crippen MR) is 72.9 cm³/mol. The summed E-state index contributed by atoms with van der Waals surface area (Å²) in [5.74, 6) is 6.67. The van der Waals surface area contributed by atoms with Crippen LogP contribution in [0.5, 0.6) is 0 Å². The molecule has 4 nitrogen and oxygen atoms in total. The second kappa shape index (κ2) is 5.87. The lowest BCUT2D eigenvalue weighted by Crippen LogP contribution is -2.54. The first-order chi connectivity index (χ1) is 8.66. The van der Waals surface area contributed by atoms with Gasteiger partial charge in [-0.2, -0.15) is 0 Å². The molecular weight excluding hydrogens is 226 g/mol. The van der Waals surface area contributed by atoms with Crippen LogP contribution in [-0.4, -0.2) is 23.5 Å². The number of likely N-dealkylation sites (tertiary alicyclic amines) is 1. The monoisotopic (exact) mass is 251 g/mol. The summed E-state index contributed by atoms with van der Waals surface area (Å²) in [6, 6.07) is 3.92. The molecule has 1 aliphatic heterocycles. The molecule has 0 aliphatic carbocycles. The minimum absolute atomic E-state index is 0.0191. The van der Waals surface area contributed by atoms with E-state index >= 15 is 0 Å². The predicted octanol–water partition coefficient (Wildman–Crippen LogP) is 2.44. The van der Waals surface area contributed by atoms with Gasteiger partial charge in [-0.15, -0.1) is 0 Å². The van der Waals surface area contributed by atoms with Crippen molar-refractivity contribution in [2.75, 3.05) is 13.1 Å². The van der Waals surface area contributed by atoms with Gasteiger partial charge in [0, 0.05) is 5.54 Å². The number of nitrogens with two attached hydrogens (primary N) is 1. The lowest BCUT2D eigenvalue weighted by molar-refractivity contribution is 0.0747. The van der Waals surface area contributed by atoms with Crippen molar-refractivity contribution in [2.45, 2.75) is 51.1 Å². The van der Waals surface area contributed by atoms with E-state index in [4.69, 9.17) is 10.3 Å². The average Bonchev–Trinajstić information content (AvgIpc) is 2.70. The van der Waals surface area contributed by atoms with E-state index in [1.165, 1.54) is 25.7 Å². The molecule has 1 saturated heterocycles. The molecular formula is C14H25N3O. The lowest BCUT2D eigenvalue weighted by atomic mass is 9.90. The molecule has 4 heteroatoms. The van der Waals surface area contributed by atoms with E-state index in [9.17, 15) is 0 Å². The molecule has 1 aromatic heterocycles. The van der Waals surface area contributed by atoms with Gasteiger partial charge in [-0.1, -0.05) is 12.8 Å². The average molecular weight is 251 g/mol. The van der Waals surface area contributed by atoms with Gasteiger partial charge in [-0.3, -0.25) is 10.7 Å². The third kappa shape index (κ3) is 2.76. The molecule has 0 saturated carbocycles. The van der Waals surface area contributed by atoms with Crippen LogP contribution in [0, 0.1) is 0 Å². The van der Waals surface area contributed by atoms with E-state index in [1.54, 1.807) is 6.26 Å². The van der Waals surface area contributed by atoms with Crippen LogP contribution in [0.25, 0.3) is 0 Å². The molecule has 18 heavy (non-hydrogen) atoms. The highest BCUT2D eigenvalue weighted by Crippen LogP contribution is 2.32. The summed E-state index contributed by atoms with van der Waals surface area (Å²) in [4.78, 5) is 2.53. The SMILES string of the molecule is CC(C)(C(NN)c1ccco1)N1CCCCCC1. The van der Waals surface area contributed by atoms with Crippen LogP contribution in [-0.2, 0) is 0 Å². The van der Waals surface area contributed by atoms with Crippen molar-refractivity contribution >= 4 is 0 Å². The molecule has 0 aromatic carbocycles. The maximum Gasteiger partial charge on any atom is 0.123 e. The van der Waals surface area contributed by atoms with Gasteiger partial charge in [-0.25, -0.2) is 5.43 Å². The summed E-state index contributed by atoms with van der Waals surface area (Å²) < 4.78 is 5.53. The molecule has 102 valence electrons. The highest BCUT2D eigenvalue weighted by atomic mass is 16.3. The van der Waals surface area contributed by atoms with Crippen molar-refractivity contribution in [3.05, 3.63) is 24.2 Å². The molecule has 0 bridgehead atoms. The third-order valence-corrected chi connectivity index (χ3v) is 4.12. The molecule has 2 rings (SSSR count). The van der Waals surface area contributed by atoms with Gasteiger partial charge in [-0.05, 0) is 51.9 Å². The fourth-order valence-electron chi connectivity index (χ4n) is 2.92. The second-order valence-electron chi connectivity index (χ2n) is 5.67. The van der Waals surface area contributed by atoms with E-state index in [1.807, 2.05) is 12.1 Å². The minimum Gasteiger partial charge on any atom is -0.468 e. The van der Waals surface area contributed by atoms with E-state index in [2.05, 4.69) is 24.2 Å². The zero-order chi connectivity index (χ0) is 13.0. The van der Waals surface area contributed by atoms with Crippen LogP contribution in [0.4, 0.5) is 0 Å². The molecule has 1 aromatic rings. The van der Waals surface area contributed by atoms with Crippen molar-refractivity contribution in [3.63, 3.8) is 0 Å². The maximum absolute atomic E-state index is 5.76. The third-order valence-electron chi connectivity index (χ3n) is 4.12. The molecule has 0 spiro atoms. The Morgan fingerprint density at radius 3 is 2.44 bits per heavy atom. The second-order valence-corrected chi connectivity index (χ2v) is 5.67. The molecule has 0 radical (unpaired) electrons. The Morgan fingerprint density at radius 1 is 1.28 bits per heavy atom. The molecule has 0 amide bonds. The number of rotatable bonds is 4. The van der Waals surface area contributed by atoms with Crippen molar-refractivity contribution < 1.29 is 4.42 Å². The molecule has 3 N–H and O–H groups in total. The van der Waals surface area contributed by atoms with Crippen molar-refractivity contribution in [3.8, 4) is 0 Å². The fourth-order valence-corrected chi connectivity index (χ4v) is 2.92. The normalized spacial score (nSPS) is 20.6. The summed E-state index contributed by atoms with van der Waals surface area (Å²) in [6.07, 6.45) is 6.94.